The minimum absolute atomic E-state index is 0.244. The van der Waals surface area contributed by atoms with Gasteiger partial charge in [-0.15, -0.1) is 0 Å². The second-order valence-corrected chi connectivity index (χ2v) is 8.59. The molecule has 4 heteroatoms. The zero-order valence-electron chi connectivity index (χ0n) is 18.1. The lowest BCUT2D eigenvalue weighted by atomic mass is 9.98. The molecule has 1 N–H and O–H groups in total. The van der Waals surface area contributed by atoms with Gasteiger partial charge in [-0.2, -0.15) is 0 Å². The highest BCUT2D eigenvalue weighted by molar-refractivity contribution is 5.76. The first-order valence-electron chi connectivity index (χ1n) is 11.1. The van der Waals surface area contributed by atoms with Crippen molar-refractivity contribution in [2.24, 2.45) is 5.92 Å². The molecular formula is C27H31NO3. The van der Waals surface area contributed by atoms with Crippen LogP contribution >= 0.6 is 0 Å². The first-order valence-corrected chi connectivity index (χ1v) is 11.1. The van der Waals surface area contributed by atoms with Crippen LogP contribution in [0.3, 0.4) is 0 Å². The lowest BCUT2D eigenvalue weighted by Crippen LogP contribution is -2.51. The standard InChI is InChI=1S/C27H31NO3/c1-31-27(30)25(16-21-8-4-2-5-9-21)28-19-23(15-14-20-12-13-20)17-24(28)26(29)18-22-10-6-3-7-11-22/h2-11,14-15,17,20,24-26,29H,12-13,16,18-19H2,1H3/b15-14+/t24-,25+,26+/m1/s1. The van der Waals surface area contributed by atoms with Crippen LogP contribution in [0.2, 0.25) is 0 Å². The van der Waals surface area contributed by atoms with Gasteiger partial charge in [0.05, 0.1) is 19.3 Å². The number of aliphatic hydroxyl groups excluding tert-OH is 1. The Morgan fingerprint density at radius 1 is 1.06 bits per heavy atom. The first kappa shape index (κ1) is 21.5. The van der Waals surface area contributed by atoms with E-state index in [2.05, 4.69) is 23.1 Å². The van der Waals surface area contributed by atoms with Gasteiger partial charge < -0.3 is 9.84 Å². The smallest absolute Gasteiger partial charge is 0.323 e. The Morgan fingerprint density at radius 3 is 2.26 bits per heavy atom. The topological polar surface area (TPSA) is 49.8 Å². The molecule has 4 nitrogen and oxygen atoms in total. The molecule has 0 bridgehead atoms. The molecule has 1 aliphatic heterocycles. The van der Waals surface area contributed by atoms with Crippen LogP contribution in [0, 0.1) is 5.92 Å². The van der Waals surface area contributed by atoms with Crippen LogP contribution < -0.4 is 0 Å². The minimum atomic E-state index is -0.614. The van der Waals surface area contributed by atoms with Gasteiger partial charge >= 0.3 is 5.97 Å². The predicted molar refractivity (Wildman–Crippen MR) is 123 cm³/mol. The highest BCUT2D eigenvalue weighted by Crippen LogP contribution is 2.32. The Hall–Kier alpha value is -2.69. The van der Waals surface area contributed by atoms with Crippen molar-refractivity contribution < 1.29 is 14.6 Å². The molecule has 2 aliphatic rings. The molecule has 1 fully saturated rings. The second kappa shape index (κ2) is 10.1. The normalized spacial score (nSPS) is 21.1. The van der Waals surface area contributed by atoms with Crippen molar-refractivity contribution in [1.82, 2.24) is 4.90 Å². The summed E-state index contributed by atoms with van der Waals surface area (Å²) in [5, 5.41) is 11.2. The van der Waals surface area contributed by atoms with Crippen LogP contribution in [0.5, 0.6) is 0 Å². The number of rotatable bonds is 9. The van der Waals surface area contributed by atoms with Crippen molar-refractivity contribution in [2.45, 2.75) is 43.9 Å². The molecular weight excluding hydrogens is 386 g/mol. The molecule has 31 heavy (non-hydrogen) atoms. The number of allylic oxidation sites excluding steroid dienone is 1. The van der Waals surface area contributed by atoms with Crippen LogP contribution in [0.4, 0.5) is 0 Å². The number of hydrogen-bond acceptors (Lipinski definition) is 4. The molecule has 0 spiro atoms. The maximum Gasteiger partial charge on any atom is 0.323 e. The molecule has 1 aliphatic carbocycles. The number of ether oxygens (including phenoxy) is 1. The number of aliphatic hydroxyl groups is 1. The predicted octanol–water partition coefficient (Wildman–Crippen LogP) is 3.95. The van der Waals surface area contributed by atoms with E-state index in [-0.39, 0.29) is 12.0 Å². The average Bonchev–Trinajstić information content (AvgIpc) is 3.54. The summed E-state index contributed by atoms with van der Waals surface area (Å²) in [6.45, 7) is 0.631. The van der Waals surface area contributed by atoms with Crippen LogP contribution in [0.15, 0.2) is 84.5 Å². The first-order chi connectivity index (χ1) is 15.1. The zero-order chi connectivity index (χ0) is 21.6. The Labute approximate surface area is 184 Å². The quantitative estimate of drug-likeness (QED) is 0.628. The summed E-state index contributed by atoms with van der Waals surface area (Å²) in [6.07, 6.45) is 9.56. The van der Waals surface area contributed by atoms with Crippen molar-refractivity contribution in [3.63, 3.8) is 0 Å². The van der Waals surface area contributed by atoms with Gasteiger partial charge in [-0.1, -0.05) is 78.9 Å². The number of hydrogen-bond donors (Lipinski definition) is 1. The number of benzene rings is 2. The molecule has 3 atom stereocenters. The summed E-state index contributed by atoms with van der Waals surface area (Å²) in [4.78, 5) is 14.9. The fourth-order valence-corrected chi connectivity index (χ4v) is 4.28. The Morgan fingerprint density at radius 2 is 1.68 bits per heavy atom. The molecule has 0 aromatic heterocycles. The fraction of sp³-hybridized carbons (Fsp3) is 0.370. The lowest BCUT2D eigenvalue weighted by Gasteiger charge is -2.34. The molecule has 4 rings (SSSR count). The molecule has 2 aromatic rings. The summed E-state index contributed by atoms with van der Waals surface area (Å²) < 4.78 is 5.18. The molecule has 162 valence electrons. The maximum atomic E-state index is 12.8. The lowest BCUT2D eigenvalue weighted by molar-refractivity contribution is -0.147. The third kappa shape index (κ3) is 5.72. The van der Waals surface area contributed by atoms with E-state index in [0.29, 0.717) is 25.3 Å². The molecule has 0 saturated heterocycles. The van der Waals surface area contributed by atoms with Crippen molar-refractivity contribution in [1.29, 1.82) is 0 Å². The third-order valence-corrected chi connectivity index (χ3v) is 6.16. The van der Waals surface area contributed by atoms with Crippen LogP contribution in [0.1, 0.15) is 24.0 Å². The van der Waals surface area contributed by atoms with E-state index < -0.39 is 12.1 Å². The monoisotopic (exact) mass is 417 g/mol. The van der Waals surface area contributed by atoms with Crippen molar-refractivity contribution in [3.05, 3.63) is 95.6 Å². The molecule has 1 heterocycles. The molecule has 2 aromatic carbocycles. The molecule has 0 amide bonds. The number of carbonyl (C=O) groups excluding carboxylic acids is 1. The highest BCUT2D eigenvalue weighted by atomic mass is 16.5. The van der Waals surface area contributed by atoms with E-state index in [1.54, 1.807) is 0 Å². The summed E-state index contributed by atoms with van der Waals surface area (Å²) in [6, 6.07) is 19.3. The van der Waals surface area contributed by atoms with Gasteiger partial charge in [0.15, 0.2) is 0 Å². The van der Waals surface area contributed by atoms with Crippen molar-refractivity contribution in [2.75, 3.05) is 13.7 Å². The van der Waals surface area contributed by atoms with Crippen LogP contribution in [0.25, 0.3) is 0 Å². The summed E-state index contributed by atoms with van der Waals surface area (Å²) in [5.41, 5.74) is 3.32. The zero-order valence-corrected chi connectivity index (χ0v) is 18.1. The van der Waals surface area contributed by atoms with Gasteiger partial charge in [0.2, 0.25) is 0 Å². The fourth-order valence-electron chi connectivity index (χ4n) is 4.28. The molecule has 0 unspecified atom stereocenters. The Bertz CT molecular complexity index is 918. The Kier molecular flexibility index (Phi) is 7.00. The van der Waals surface area contributed by atoms with Gasteiger partial charge in [-0.3, -0.25) is 9.69 Å². The van der Waals surface area contributed by atoms with E-state index >= 15 is 0 Å². The van der Waals surface area contributed by atoms with Crippen LogP contribution in [-0.4, -0.2) is 47.8 Å². The van der Waals surface area contributed by atoms with E-state index in [4.69, 9.17) is 4.74 Å². The Balaban J connectivity index is 1.58. The van der Waals surface area contributed by atoms with Gasteiger partial charge in [0, 0.05) is 13.0 Å². The number of esters is 1. The van der Waals surface area contributed by atoms with E-state index in [9.17, 15) is 9.90 Å². The average molecular weight is 418 g/mol. The largest absolute Gasteiger partial charge is 0.468 e. The molecule has 1 saturated carbocycles. The van der Waals surface area contributed by atoms with Crippen molar-refractivity contribution >= 4 is 5.97 Å². The summed E-state index contributed by atoms with van der Waals surface area (Å²) >= 11 is 0. The SMILES string of the molecule is COC(=O)[C@H](Cc1ccccc1)N1CC(/C=C/C2CC2)=C[C@@H]1[C@@H](O)Cc1ccccc1. The number of methoxy groups -OCH3 is 1. The summed E-state index contributed by atoms with van der Waals surface area (Å²) in [7, 11) is 1.44. The van der Waals surface area contributed by atoms with E-state index in [1.165, 1.54) is 20.0 Å². The van der Waals surface area contributed by atoms with E-state index in [0.717, 1.165) is 16.7 Å². The van der Waals surface area contributed by atoms with Crippen LogP contribution in [-0.2, 0) is 22.4 Å². The third-order valence-electron chi connectivity index (χ3n) is 6.16. The minimum Gasteiger partial charge on any atom is -0.468 e. The van der Waals surface area contributed by atoms with Gasteiger partial charge in [0.25, 0.3) is 0 Å². The van der Waals surface area contributed by atoms with Gasteiger partial charge in [-0.05, 0) is 41.9 Å². The number of carbonyl (C=O) groups is 1. The van der Waals surface area contributed by atoms with Crippen molar-refractivity contribution in [3.8, 4) is 0 Å². The van der Waals surface area contributed by atoms with Gasteiger partial charge in [-0.25, -0.2) is 0 Å². The number of nitrogens with zero attached hydrogens (tertiary/aromatic N) is 1. The maximum absolute atomic E-state index is 12.8. The summed E-state index contributed by atoms with van der Waals surface area (Å²) in [5.74, 6) is 0.421. The van der Waals surface area contributed by atoms with Gasteiger partial charge in [0.1, 0.15) is 6.04 Å². The van der Waals surface area contributed by atoms with E-state index in [1.807, 2.05) is 60.7 Å². The highest BCUT2D eigenvalue weighted by Gasteiger charge is 2.38. The second-order valence-electron chi connectivity index (χ2n) is 8.59. The molecule has 0 radical (unpaired) electrons.